The van der Waals surface area contributed by atoms with E-state index in [0.29, 0.717) is 6.04 Å². The first-order valence-corrected chi connectivity index (χ1v) is 7.61. The second kappa shape index (κ2) is 8.41. The van der Waals surface area contributed by atoms with Crippen molar-refractivity contribution in [1.29, 1.82) is 0 Å². The van der Waals surface area contributed by atoms with Gasteiger partial charge in [-0.2, -0.15) is 0 Å². The van der Waals surface area contributed by atoms with Crippen LogP contribution in [-0.2, 0) is 0 Å². The summed E-state index contributed by atoms with van der Waals surface area (Å²) in [6.07, 6.45) is 1.23. The molecule has 2 N–H and O–H groups in total. The fraction of sp³-hybridized carbons (Fsp3) is 0.688. The third-order valence-electron chi connectivity index (χ3n) is 3.89. The van der Waals surface area contributed by atoms with Crippen LogP contribution in [0.25, 0.3) is 0 Å². The molecule has 1 aromatic rings. The zero-order valence-electron chi connectivity index (χ0n) is 13.9. The Bertz CT molecular complexity index is 407. The van der Waals surface area contributed by atoms with Gasteiger partial charge >= 0.3 is 0 Å². The monoisotopic (exact) mass is 296 g/mol. The quantitative estimate of drug-likeness (QED) is 0.798. The van der Waals surface area contributed by atoms with Crippen LogP contribution in [0.2, 0.25) is 0 Å². The standard InChI is InChI=1S/C16H29FN4/c1-6-21(13(3)11-20(4)5)10-12(2)16(18)15-8-7-14(17)9-19-15/h7-9,12-13,16H,6,10-11,18H2,1-5H3. The first-order chi connectivity index (χ1) is 9.85. The van der Waals surface area contributed by atoms with Crippen LogP contribution in [0, 0.1) is 11.7 Å². The van der Waals surface area contributed by atoms with Gasteiger partial charge in [-0.3, -0.25) is 9.88 Å². The number of nitrogens with two attached hydrogens (primary N) is 1. The van der Waals surface area contributed by atoms with Crippen molar-refractivity contribution in [3.63, 3.8) is 0 Å². The van der Waals surface area contributed by atoms with E-state index in [1.54, 1.807) is 6.07 Å². The molecule has 0 radical (unpaired) electrons. The minimum absolute atomic E-state index is 0.175. The third-order valence-corrected chi connectivity index (χ3v) is 3.89. The summed E-state index contributed by atoms with van der Waals surface area (Å²) < 4.78 is 12.9. The van der Waals surface area contributed by atoms with Crippen LogP contribution >= 0.6 is 0 Å². The van der Waals surface area contributed by atoms with E-state index in [0.717, 1.165) is 25.3 Å². The minimum Gasteiger partial charge on any atom is -0.322 e. The largest absolute Gasteiger partial charge is 0.322 e. The van der Waals surface area contributed by atoms with E-state index < -0.39 is 0 Å². The van der Waals surface area contributed by atoms with Crippen molar-refractivity contribution < 1.29 is 4.39 Å². The summed E-state index contributed by atoms with van der Waals surface area (Å²) in [5.41, 5.74) is 7.02. The Morgan fingerprint density at radius 3 is 2.38 bits per heavy atom. The highest BCUT2D eigenvalue weighted by Crippen LogP contribution is 2.19. The molecule has 0 saturated heterocycles. The average Bonchev–Trinajstić information content (AvgIpc) is 2.43. The van der Waals surface area contributed by atoms with Gasteiger partial charge in [0, 0.05) is 19.1 Å². The molecule has 0 aromatic carbocycles. The summed E-state index contributed by atoms with van der Waals surface area (Å²) in [5.74, 6) is -0.0686. The topological polar surface area (TPSA) is 45.4 Å². The number of hydrogen-bond acceptors (Lipinski definition) is 4. The minimum atomic E-state index is -0.326. The summed E-state index contributed by atoms with van der Waals surface area (Å²) in [6.45, 7) is 9.44. The van der Waals surface area contributed by atoms with Crippen LogP contribution in [0.3, 0.4) is 0 Å². The van der Waals surface area contributed by atoms with Gasteiger partial charge in [0.2, 0.25) is 0 Å². The highest BCUT2D eigenvalue weighted by molar-refractivity contribution is 5.10. The molecule has 0 amide bonds. The normalized spacial score (nSPS) is 16.2. The maximum atomic E-state index is 12.9. The second-order valence-electron chi connectivity index (χ2n) is 6.10. The molecule has 0 aliphatic heterocycles. The molecule has 0 aliphatic carbocycles. The summed E-state index contributed by atoms with van der Waals surface area (Å²) in [7, 11) is 4.17. The molecule has 0 bridgehead atoms. The molecule has 3 unspecified atom stereocenters. The van der Waals surface area contributed by atoms with Gasteiger partial charge < -0.3 is 10.6 Å². The molecular formula is C16H29FN4. The Hall–Kier alpha value is -1.04. The zero-order chi connectivity index (χ0) is 16.0. The van der Waals surface area contributed by atoms with E-state index in [1.165, 1.54) is 12.3 Å². The highest BCUT2D eigenvalue weighted by Gasteiger charge is 2.21. The molecule has 1 rings (SSSR count). The SMILES string of the molecule is CCN(CC(C)C(N)c1ccc(F)cn1)C(C)CN(C)C. The van der Waals surface area contributed by atoms with E-state index in [2.05, 4.69) is 49.7 Å². The van der Waals surface area contributed by atoms with Gasteiger partial charge in [-0.1, -0.05) is 13.8 Å². The maximum absolute atomic E-state index is 12.9. The number of pyridine rings is 1. The average molecular weight is 296 g/mol. The van der Waals surface area contributed by atoms with Crippen LogP contribution in [0.15, 0.2) is 18.3 Å². The number of aromatic nitrogens is 1. The first kappa shape index (κ1) is 18.0. The Morgan fingerprint density at radius 2 is 1.90 bits per heavy atom. The van der Waals surface area contributed by atoms with Crippen molar-refractivity contribution in [2.45, 2.75) is 32.9 Å². The van der Waals surface area contributed by atoms with Gasteiger partial charge in [-0.15, -0.1) is 0 Å². The summed E-state index contributed by atoms with van der Waals surface area (Å²) in [6, 6.07) is 3.39. The number of nitrogens with zero attached hydrogens (tertiary/aromatic N) is 3. The summed E-state index contributed by atoms with van der Waals surface area (Å²) in [4.78, 5) is 8.72. The van der Waals surface area contributed by atoms with E-state index in [1.807, 2.05) is 0 Å². The molecule has 0 saturated carbocycles. The predicted molar refractivity (Wildman–Crippen MR) is 85.6 cm³/mol. The maximum Gasteiger partial charge on any atom is 0.141 e. The zero-order valence-corrected chi connectivity index (χ0v) is 13.9. The van der Waals surface area contributed by atoms with E-state index in [4.69, 9.17) is 5.73 Å². The lowest BCUT2D eigenvalue weighted by Crippen LogP contribution is -2.43. The fourth-order valence-corrected chi connectivity index (χ4v) is 2.62. The lowest BCUT2D eigenvalue weighted by Gasteiger charge is -2.33. The molecular weight excluding hydrogens is 267 g/mol. The van der Waals surface area contributed by atoms with Gasteiger partial charge in [0.15, 0.2) is 0 Å². The van der Waals surface area contributed by atoms with Crippen LogP contribution < -0.4 is 5.73 Å². The van der Waals surface area contributed by atoms with Crippen LogP contribution in [0.1, 0.15) is 32.5 Å². The third kappa shape index (κ3) is 5.69. The lowest BCUT2D eigenvalue weighted by molar-refractivity contribution is 0.152. The van der Waals surface area contributed by atoms with Crippen molar-refractivity contribution in [3.8, 4) is 0 Å². The van der Waals surface area contributed by atoms with Gasteiger partial charge in [0.25, 0.3) is 0 Å². The lowest BCUT2D eigenvalue weighted by atomic mass is 9.98. The first-order valence-electron chi connectivity index (χ1n) is 7.61. The van der Waals surface area contributed by atoms with Crippen LogP contribution in [0.4, 0.5) is 4.39 Å². The van der Waals surface area contributed by atoms with Gasteiger partial charge in [0.1, 0.15) is 5.82 Å². The fourth-order valence-electron chi connectivity index (χ4n) is 2.62. The smallest absolute Gasteiger partial charge is 0.141 e. The molecule has 0 spiro atoms. The van der Waals surface area contributed by atoms with Crippen molar-refractivity contribution in [3.05, 3.63) is 29.8 Å². The van der Waals surface area contributed by atoms with Crippen molar-refractivity contribution in [1.82, 2.24) is 14.8 Å². The Balaban J connectivity index is 2.64. The number of hydrogen-bond donors (Lipinski definition) is 1. The molecule has 4 nitrogen and oxygen atoms in total. The van der Waals surface area contributed by atoms with Gasteiger partial charge in [0.05, 0.1) is 17.9 Å². The van der Waals surface area contributed by atoms with Crippen LogP contribution in [-0.4, -0.2) is 54.6 Å². The molecule has 120 valence electrons. The molecule has 3 atom stereocenters. The molecule has 1 heterocycles. The van der Waals surface area contributed by atoms with Crippen molar-refractivity contribution in [2.24, 2.45) is 11.7 Å². The van der Waals surface area contributed by atoms with Crippen LogP contribution in [0.5, 0.6) is 0 Å². The van der Waals surface area contributed by atoms with Crippen molar-refractivity contribution >= 4 is 0 Å². The molecule has 1 aromatic heterocycles. The highest BCUT2D eigenvalue weighted by atomic mass is 19.1. The Kier molecular flexibility index (Phi) is 7.22. The predicted octanol–water partition coefficient (Wildman–Crippen LogP) is 2.13. The summed E-state index contributed by atoms with van der Waals surface area (Å²) >= 11 is 0. The molecule has 0 fully saturated rings. The number of rotatable bonds is 8. The van der Waals surface area contributed by atoms with Gasteiger partial charge in [-0.05, 0) is 45.6 Å². The molecule has 5 heteroatoms. The molecule has 21 heavy (non-hydrogen) atoms. The summed E-state index contributed by atoms with van der Waals surface area (Å²) in [5, 5.41) is 0. The van der Waals surface area contributed by atoms with Gasteiger partial charge in [-0.25, -0.2) is 4.39 Å². The van der Waals surface area contributed by atoms with Crippen molar-refractivity contribution in [2.75, 3.05) is 33.7 Å². The Morgan fingerprint density at radius 1 is 1.24 bits per heavy atom. The Labute approximate surface area is 128 Å². The van der Waals surface area contributed by atoms with E-state index in [-0.39, 0.29) is 17.8 Å². The molecule has 0 aliphatic rings. The number of likely N-dealkylation sites (N-methyl/N-ethyl adjacent to an activating group) is 2. The van der Waals surface area contributed by atoms with E-state index >= 15 is 0 Å². The number of halogens is 1. The second-order valence-corrected chi connectivity index (χ2v) is 6.10. The van der Waals surface area contributed by atoms with E-state index in [9.17, 15) is 4.39 Å².